The number of quaternary nitrogens is 1. The van der Waals surface area contributed by atoms with E-state index in [4.69, 9.17) is 0 Å². The van der Waals surface area contributed by atoms with E-state index in [1.807, 2.05) is 4.90 Å². The molecule has 0 aromatic carbocycles. The first-order valence-corrected chi connectivity index (χ1v) is 5.59. The molecular formula is C11H22N+. The Bertz CT molecular complexity index is 155. The molecule has 0 aromatic heterocycles. The maximum atomic E-state index is 2.42. The third kappa shape index (κ3) is 1.52. The van der Waals surface area contributed by atoms with E-state index >= 15 is 0 Å². The molecule has 1 saturated carbocycles. The van der Waals surface area contributed by atoms with Gasteiger partial charge in [0.05, 0.1) is 19.6 Å². The van der Waals surface area contributed by atoms with Gasteiger partial charge >= 0.3 is 0 Å². The summed E-state index contributed by atoms with van der Waals surface area (Å²) in [6, 6.07) is 1.02. The van der Waals surface area contributed by atoms with Crippen LogP contribution in [-0.2, 0) is 0 Å². The standard InChI is InChI=1S/C11H21N/c1-9-7-10-5-3-4-6-11(10)12(2)8-9/h9-11H,3-8H2,1-2H3/p+1. The molecule has 0 radical (unpaired) electrons. The van der Waals surface area contributed by atoms with Crippen LogP contribution >= 0.6 is 0 Å². The molecule has 0 spiro atoms. The van der Waals surface area contributed by atoms with Crippen molar-refractivity contribution in [2.45, 2.75) is 45.1 Å². The van der Waals surface area contributed by atoms with Crippen molar-refractivity contribution in [1.82, 2.24) is 0 Å². The van der Waals surface area contributed by atoms with Gasteiger partial charge in [-0.3, -0.25) is 0 Å². The maximum Gasteiger partial charge on any atom is 0.0901 e. The first-order valence-electron chi connectivity index (χ1n) is 5.59. The first kappa shape index (κ1) is 8.55. The van der Waals surface area contributed by atoms with Gasteiger partial charge in [0.2, 0.25) is 0 Å². The second kappa shape index (κ2) is 3.37. The Hall–Kier alpha value is -0.0400. The highest BCUT2D eigenvalue weighted by Gasteiger charge is 2.36. The zero-order valence-corrected chi connectivity index (χ0v) is 8.47. The van der Waals surface area contributed by atoms with Crippen molar-refractivity contribution in [1.29, 1.82) is 0 Å². The normalized spacial score (nSPS) is 48.5. The van der Waals surface area contributed by atoms with Crippen LogP contribution in [0.25, 0.3) is 0 Å². The van der Waals surface area contributed by atoms with E-state index < -0.39 is 0 Å². The van der Waals surface area contributed by atoms with Gasteiger partial charge in [-0.05, 0) is 25.7 Å². The van der Waals surface area contributed by atoms with Gasteiger partial charge in [-0.2, -0.15) is 0 Å². The second-order valence-corrected chi connectivity index (χ2v) is 5.04. The summed E-state index contributed by atoms with van der Waals surface area (Å²) in [5.41, 5.74) is 0. The van der Waals surface area contributed by atoms with Crippen molar-refractivity contribution in [3.05, 3.63) is 0 Å². The Morgan fingerprint density at radius 1 is 1.17 bits per heavy atom. The summed E-state index contributed by atoms with van der Waals surface area (Å²) in [5, 5.41) is 0. The quantitative estimate of drug-likeness (QED) is 0.552. The summed E-state index contributed by atoms with van der Waals surface area (Å²) in [5.74, 6) is 2.05. The monoisotopic (exact) mass is 168 g/mol. The van der Waals surface area contributed by atoms with Crippen molar-refractivity contribution in [3.8, 4) is 0 Å². The molecule has 2 rings (SSSR count). The van der Waals surface area contributed by atoms with Gasteiger partial charge in [-0.25, -0.2) is 0 Å². The Balaban J connectivity index is 2.01. The lowest BCUT2D eigenvalue weighted by atomic mass is 9.76. The van der Waals surface area contributed by atoms with E-state index in [1.165, 1.54) is 38.6 Å². The first-order chi connectivity index (χ1) is 5.77. The van der Waals surface area contributed by atoms with E-state index in [-0.39, 0.29) is 0 Å². The van der Waals surface area contributed by atoms with Gasteiger partial charge < -0.3 is 4.90 Å². The number of piperidine rings is 1. The number of nitrogens with one attached hydrogen (secondary N) is 1. The zero-order chi connectivity index (χ0) is 8.55. The smallest absolute Gasteiger partial charge is 0.0901 e. The van der Waals surface area contributed by atoms with Gasteiger partial charge in [-0.1, -0.05) is 13.3 Å². The minimum Gasteiger partial charge on any atom is -0.334 e. The maximum absolute atomic E-state index is 2.42. The molecule has 0 aromatic rings. The number of hydrogen-bond acceptors (Lipinski definition) is 0. The molecule has 12 heavy (non-hydrogen) atoms. The highest BCUT2D eigenvalue weighted by Crippen LogP contribution is 2.30. The molecule has 4 unspecified atom stereocenters. The van der Waals surface area contributed by atoms with Crippen molar-refractivity contribution in [3.63, 3.8) is 0 Å². The molecule has 1 N–H and O–H groups in total. The molecule has 1 nitrogen and oxygen atoms in total. The van der Waals surface area contributed by atoms with Crippen LogP contribution in [0.3, 0.4) is 0 Å². The lowest BCUT2D eigenvalue weighted by Gasteiger charge is -2.41. The Kier molecular flexibility index (Phi) is 2.40. The van der Waals surface area contributed by atoms with Crippen LogP contribution in [0.5, 0.6) is 0 Å². The molecule has 2 aliphatic rings. The molecule has 0 bridgehead atoms. The molecular weight excluding hydrogens is 146 g/mol. The topological polar surface area (TPSA) is 4.44 Å². The Morgan fingerprint density at radius 3 is 2.75 bits per heavy atom. The van der Waals surface area contributed by atoms with Gasteiger partial charge in [-0.15, -0.1) is 0 Å². The minimum atomic E-state index is 0.976. The molecule has 0 amide bonds. The van der Waals surface area contributed by atoms with E-state index in [2.05, 4.69) is 14.0 Å². The van der Waals surface area contributed by atoms with Crippen molar-refractivity contribution in [2.75, 3.05) is 13.6 Å². The fourth-order valence-corrected chi connectivity index (χ4v) is 3.44. The van der Waals surface area contributed by atoms with E-state index in [0.29, 0.717) is 0 Å². The van der Waals surface area contributed by atoms with Crippen LogP contribution < -0.4 is 4.90 Å². The summed E-state index contributed by atoms with van der Waals surface area (Å²) in [7, 11) is 2.40. The minimum absolute atomic E-state index is 0.976. The number of rotatable bonds is 0. The largest absolute Gasteiger partial charge is 0.334 e. The van der Waals surface area contributed by atoms with E-state index in [9.17, 15) is 0 Å². The van der Waals surface area contributed by atoms with E-state index in [0.717, 1.165) is 17.9 Å². The van der Waals surface area contributed by atoms with E-state index in [1.54, 1.807) is 0 Å². The van der Waals surface area contributed by atoms with Crippen LogP contribution in [0.4, 0.5) is 0 Å². The summed E-state index contributed by atoms with van der Waals surface area (Å²) in [6.07, 6.45) is 7.53. The molecule has 1 aliphatic carbocycles. The van der Waals surface area contributed by atoms with Crippen molar-refractivity contribution < 1.29 is 4.90 Å². The average molecular weight is 168 g/mol. The van der Waals surface area contributed by atoms with Crippen molar-refractivity contribution >= 4 is 0 Å². The summed E-state index contributed by atoms with van der Waals surface area (Å²) in [6.45, 7) is 3.84. The Labute approximate surface area is 76.1 Å². The van der Waals surface area contributed by atoms with Gasteiger partial charge in [0.15, 0.2) is 0 Å². The van der Waals surface area contributed by atoms with Crippen LogP contribution in [0.15, 0.2) is 0 Å². The molecule has 1 saturated heterocycles. The lowest BCUT2D eigenvalue weighted by Crippen LogP contribution is -3.15. The van der Waals surface area contributed by atoms with Gasteiger partial charge in [0, 0.05) is 11.8 Å². The van der Waals surface area contributed by atoms with Crippen LogP contribution in [0.1, 0.15) is 39.0 Å². The highest BCUT2D eigenvalue weighted by molar-refractivity contribution is 4.79. The average Bonchev–Trinajstić information content (AvgIpc) is 2.04. The third-order valence-electron chi connectivity index (χ3n) is 3.92. The molecule has 1 heterocycles. The fraction of sp³-hybridized carbons (Fsp3) is 1.00. The second-order valence-electron chi connectivity index (χ2n) is 5.04. The SMILES string of the molecule is CC1CC2CCCCC2[NH+](C)C1. The predicted octanol–water partition coefficient (Wildman–Crippen LogP) is 1.10. The lowest BCUT2D eigenvalue weighted by molar-refractivity contribution is -0.920. The summed E-state index contributed by atoms with van der Waals surface area (Å²) < 4.78 is 0. The highest BCUT2D eigenvalue weighted by atomic mass is 15.1. The predicted molar refractivity (Wildman–Crippen MR) is 51.3 cm³/mol. The number of hydrogen-bond donors (Lipinski definition) is 1. The Morgan fingerprint density at radius 2 is 1.92 bits per heavy atom. The van der Waals surface area contributed by atoms with Crippen LogP contribution in [0.2, 0.25) is 0 Å². The van der Waals surface area contributed by atoms with Crippen molar-refractivity contribution in [2.24, 2.45) is 11.8 Å². The zero-order valence-electron chi connectivity index (χ0n) is 8.47. The number of fused-ring (bicyclic) bond motifs is 1. The number of likely N-dealkylation sites (tertiary alicyclic amines) is 1. The molecule has 70 valence electrons. The van der Waals surface area contributed by atoms with Gasteiger partial charge in [0.1, 0.15) is 0 Å². The van der Waals surface area contributed by atoms with Crippen LogP contribution in [-0.4, -0.2) is 19.6 Å². The molecule has 4 atom stereocenters. The fourth-order valence-electron chi connectivity index (χ4n) is 3.44. The van der Waals surface area contributed by atoms with Crippen LogP contribution in [0, 0.1) is 11.8 Å². The molecule has 1 aliphatic heterocycles. The summed E-state index contributed by atoms with van der Waals surface area (Å²) in [4.78, 5) is 1.82. The molecule has 2 fully saturated rings. The summed E-state index contributed by atoms with van der Waals surface area (Å²) >= 11 is 0. The molecule has 1 heteroatoms. The van der Waals surface area contributed by atoms with Gasteiger partial charge in [0.25, 0.3) is 0 Å². The third-order valence-corrected chi connectivity index (χ3v) is 3.92.